The van der Waals surface area contributed by atoms with E-state index in [1.807, 2.05) is 17.2 Å². The van der Waals surface area contributed by atoms with Gasteiger partial charge < -0.3 is 5.11 Å². The molecule has 1 aliphatic rings. The molecule has 132 valence electrons. The van der Waals surface area contributed by atoms with E-state index in [9.17, 15) is 5.11 Å². The van der Waals surface area contributed by atoms with E-state index in [4.69, 9.17) is 4.84 Å². The number of aryl methyl sites for hydroxylation is 1. The molecule has 3 heteroatoms. The molecule has 1 N–H and O–H groups in total. The molecule has 0 saturated carbocycles. The van der Waals surface area contributed by atoms with Crippen molar-refractivity contribution in [1.29, 1.82) is 0 Å². The molecule has 0 radical (unpaired) electrons. The number of hydrogen-bond donors (Lipinski definition) is 1. The van der Waals surface area contributed by atoms with Gasteiger partial charge in [0.1, 0.15) is 6.10 Å². The van der Waals surface area contributed by atoms with Gasteiger partial charge in [-0.1, -0.05) is 66.7 Å². The van der Waals surface area contributed by atoms with Gasteiger partial charge in [-0.2, -0.15) is 0 Å². The van der Waals surface area contributed by atoms with Crippen molar-refractivity contribution >= 4 is 5.69 Å². The van der Waals surface area contributed by atoms with Gasteiger partial charge in [-0.05, 0) is 41.3 Å². The first kappa shape index (κ1) is 16.8. The van der Waals surface area contributed by atoms with Gasteiger partial charge in [0.2, 0.25) is 0 Å². The Labute approximate surface area is 154 Å². The Morgan fingerprint density at radius 3 is 2.35 bits per heavy atom. The van der Waals surface area contributed by atoms with Crippen LogP contribution in [0.1, 0.15) is 23.6 Å². The van der Waals surface area contributed by atoms with E-state index >= 15 is 0 Å². The second-order valence-corrected chi connectivity index (χ2v) is 6.81. The van der Waals surface area contributed by atoms with Crippen LogP contribution >= 0.6 is 0 Å². The lowest BCUT2D eigenvalue weighted by atomic mass is 9.98. The molecule has 26 heavy (non-hydrogen) atoms. The third kappa shape index (κ3) is 3.36. The topological polar surface area (TPSA) is 32.7 Å². The molecule has 0 bridgehead atoms. The van der Waals surface area contributed by atoms with Crippen LogP contribution in [0.2, 0.25) is 0 Å². The zero-order chi connectivity index (χ0) is 17.9. The minimum atomic E-state index is -0.172. The van der Waals surface area contributed by atoms with E-state index in [2.05, 4.69) is 73.7 Å². The van der Waals surface area contributed by atoms with Crippen LogP contribution in [-0.4, -0.2) is 17.8 Å². The molecule has 1 saturated heterocycles. The van der Waals surface area contributed by atoms with E-state index in [1.165, 1.54) is 22.3 Å². The zero-order valence-corrected chi connectivity index (χ0v) is 14.9. The van der Waals surface area contributed by atoms with Crippen LogP contribution in [0.3, 0.4) is 0 Å². The average Bonchev–Trinajstić information content (AvgIpc) is 3.13. The molecular weight excluding hydrogens is 322 g/mol. The molecule has 3 nitrogen and oxygen atoms in total. The quantitative estimate of drug-likeness (QED) is 0.729. The maximum absolute atomic E-state index is 9.59. The van der Waals surface area contributed by atoms with Gasteiger partial charge in [0, 0.05) is 6.42 Å². The molecule has 1 fully saturated rings. The van der Waals surface area contributed by atoms with Crippen LogP contribution in [-0.2, 0) is 4.84 Å². The number of anilines is 1. The Kier molecular flexibility index (Phi) is 4.74. The van der Waals surface area contributed by atoms with Gasteiger partial charge in [-0.25, -0.2) is 5.06 Å². The number of rotatable bonds is 4. The van der Waals surface area contributed by atoms with Gasteiger partial charge in [0.05, 0.1) is 18.3 Å². The van der Waals surface area contributed by atoms with Crippen LogP contribution in [0.25, 0.3) is 11.1 Å². The number of aliphatic hydroxyl groups excluding tert-OH is 1. The smallest absolute Gasteiger partial charge is 0.111 e. The Morgan fingerprint density at radius 2 is 1.65 bits per heavy atom. The van der Waals surface area contributed by atoms with Crippen molar-refractivity contribution in [1.82, 2.24) is 0 Å². The highest BCUT2D eigenvalue weighted by molar-refractivity contribution is 5.63. The van der Waals surface area contributed by atoms with Crippen molar-refractivity contribution in [3.05, 3.63) is 90.0 Å². The minimum absolute atomic E-state index is 0.0287. The molecule has 2 atom stereocenters. The van der Waals surface area contributed by atoms with Gasteiger partial charge in [-0.3, -0.25) is 4.84 Å². The number of aliphatic hydroxyl groups is 1. The van der Waals surface area contributed by atoms with Crippen LogP contribution in [0.5, 0.6) is 0 Å². The van der Waals surface area contributed by atoms with Crippen molar-refractivity contribution in [2.45, 2.75) is 25.5 Å². The molecule has 1 aliphatic heterocycles. The molecule has 0 amide bonds. The van der Waals surface area contributed by atoms with Crippen LogP contribution < -0.4 is 5.06 Å². The van der Waals surface area contributed by atoms with Gasteiger partial charge >= 0.3 is 0 Å². The first-order valence-corrected chi connectivity index (χ1v) is 9.03. The normalized spacial score (nSPS) is 19.7. The highest BCUT2D eigenvalue weighted by Gasteiger charge is 2.34. The number of hydroxylamine groups is 1. The summed E-state index contributed by atoms with van der Waals surface area (Å²) in [5, 5.41) is 11.5. The summed E-state index contributed by atoms with van der Waals surface area (Å²) < 4.78 is 0. The molecule has 3 aromatic rings. The highest BCUT2D eigenvalue weighted by Crippen LogP contribution is 2.38. The van der Waals surface area contributed by atoms with Gasteiger partial charge in [0.15, 0.2) is 0 Å². The summed E-state index contributed by atoms with van der Waals surface area (Å²) in [6.45, 7) is 2.10. The van der Waals surface area contributed by atoms with Crippen molar-refractivity contribution in [3.8, 4) is 11.1 Å². The van der Waals surface area contributed by atoms with E-state index in [0.717, 1.165) is 12.1 Å². The fraction of sp³-hybridized carbons (Fsp3) is 0.217. The lowest BCUT2D eigenvalue weighted by molar-refractivity contribution is 0.0406. The Bertz CT molecular complexity index is 861. The first-order chi connectivity index (χ1) is 12.7. The summed E-state index contributed by atoms with van der Waals surface area (Å²) in [4.78, 5) is 6.02. The third-order valence-electron chi connectivity index (χ3n) is 4.89. The molecule has 0 aliphatic carbocycles. The maximum atomic E-state index is 9.59. The van der Waals surface area contributed by atoms with Crippen molar-refractivity contribution in [2.75, 3.05) is 11.7 Å². The fourth-order valence-electron chi connectivity index (χ4n) is 3.54. The lowest BCUT2D eigenvalue weighted by Crippen LogP contribution is -2.22. The Morgan fingerprint density at radius 1 is 0.923 bits per heavy atom. The Balaban J connectivity index is 1.64. The largest absolute Gasteiger partial charge is 0.394 e. The fourth-order valence-corrected chi connectivity index (χ4v) is 3.54. The summed E-state index contributed by atoms with van der Waals surface area (Å²) in [5.74, 6) is 0. The molecule has 0 spiro atoms. The van der Waals surface area contributed by atoms with Crippen molar-refractivity contribution in [3.63, 3.8) is 0 Å². The van der Waals surface area contributed by atoms with Crippen molar-refractivity contribution in [2.24, 2.45) is 0 Å². The van der Waals surface area contributed by atoms with E-state index in [-0.39, 0.29) is 18.8 Å². The molecule has 1 heterocycles. The van der Waals surface area contributed by atoms with Gasteiger partial charge in [-0.15, -0.1) is 0 Å². The van der Waals surface area contributed by atoms with Crippen LogP contribution in [0.15, 0.2) is 78.9 Å². The number of hydrogen-bond acceptors (Lipinski definition) is 3. The van der Waals surface area contributed by atoms with Crippen molar-refractivity contribution < 1.29 is 9.94 Å². The monoisotopic (exact) mass is 345 g/mol. The second-order valence-electron chi connectivity index (χ2n) is 6.81. The number of benzene rings is 3. The third-order valence-corrected chi connectivity index (χ3v) is 4.89. The predicted octanol–water partition coefficient (Wildman–Crippen LogP) is 4.91. The number of nitrogens with zero attached hydrogens (tertiary/aromatic N) is 1. The summed E-state index contributed by atoms with van der Waals surface area (Å²) in [6.07, 6.45) is 0.601. The van der Waals surface area contributed by atoms with Gasteiger partial charge in [0.25, 0.3) is 0 Å². The molecule has 0 aromatic heterocycles. The summed E-state index contributed by atoms with van der Waals surface area (Å²) in [5.41, 5.74) is 5.83. The van der Waals surface area contributed by atoms with Crippen LogP contribution in [0, 0.1) is 6.92 Å². The minimum Gasteiger partial charge on any atom is -0.394 e. The lowest BCUT2D eigenvalue weighted by Gasteiger charge is -2.25. The van der Waals surface area contributed by atoms with E-state index in [0.29, 0.717) is 0 Å². The SMILES string of the molecule is Cc1cccc(N2OC(CO)CC2c2ccc(-c3ccccc3)cc2)c1. The molecular formula is C23H23NO2. The molecule has 2 unspecified atom stereocenters. The molecule has 3 aromatic carbocycles. The first-order valence-electron chi connectivity index (χ1n) is 9.03. The highest BCUT2D eigenvalue weighted by atomic mass is 16.7. The average molecular weight is 345 g/mol. The summed E-state index contributed by atoms with van der Waals surface area (Å²) >= 11 is 0. The Hall–Kier alpha value is -2.62. The molecule has 4 rings (SSSR count). The second kappa shape index (κ2) is 7.32. The summed E-state index contributed by atoms with van der Waals surface area (Å²) in [7, 11) is 0. The van der Waals surface area contributed by atoms with E-state index < -0.39 is 0 Å². The standard InChI is InChI=1S/C23H23NO2/c1-17-6-5-9-21(14-17)24-23(15-22(16-25)26-24)20-12-10-19(11-13-20)18-7-3-2-4-8-18/h2-14,22-23,25H,15-16H2,1H3. The summed E-state index contributed by atoms with van der Waals surface area (Å²) in [6, 6.07) is 27.4. The predicted molar refractivity (Wildman–Crippen MR) is 105 cm³/mol. The zero-order valence-electron chi connectivity index (χ0n) is 14.9. The maximum Gasteiger partial charge on any atom is 0.111 e. The van der Waals surface area contributed by atoms with E-state index in [1.54, 1.807) is 0 Å². The van der Waals surface area contributed by atoms with Crippen LogP contribution in [0.4, 0.5) is 5.69 Å².